The smallest absolute Gasteiger partial charge is 0.266 e. The zero-order valence-electron chi connectivity index (χ0n) is 16.5. The number of rotatable bonds is 9. The minimum Gasteiger partial charge on any atom is -0.508 e. The number of unbranched alkanes of at least 4 members (excludes halogenated alkanes) is 2. The van der Waals surface area contributed by atoms with Gasteiger partial charge in [-0.1, -0.05) is 72.9 Å². The second-order valence-electron chi connectivity index (χ2n) is 7.00. The van der Waals surface area contributed by atoms with Crippen molar-refractivity contribution in [3.05, 3.63) is 70.6 Å². The average Bonchev–Trinajstić information content (AvgIpc) is 3.00. The zero-order valence-corrected chi connectivity index (χ0v) is 18.2. The first-order valence-corrected chi connectivity index (χ1v) is 11.1. The normalized spacial score (nSPS) is 15.1. The highest BCUT2D eigenvalue weighted by molar-refractivity contribution is 8.26. The molecule has 3 rings (SSSR count). The predicted molar refractivity (Wildman–Crippen MR) is 125 cm³/mol. The van der Waals surface area contributed by atoms with Crippen LogP contribution in [-0.4, -0.2) is 32.7 Å². The third-order valence-electron chi connectivity index (χ3n) is 4.66. The molecule has 0 spiro atoms. The Labute approximate surface area is 186 Å². The monoisotopic (exact) mass is 440 g/mol. The van der Waals surface area contributed by atoms with E-state index in [-0.39, 0.29) is 17.6 Å². The fraction of sp³-hybridized carbons (Fsp3) is 0.261. The highest BCUT2D eigenvalue weighted by Gasteiger charge is 2.31. The molecule has 30 heavy (non-hydrogen) atoms. The molecule has 1 fully saturated rings. The lowest BCUT2D eigenvalue weighted by atomic mass is 10.1. The van der Waals surface area contributed by atoms with E-state index in [9.17, 15) is 14.7 Å². The number of thiocarbonyl (C=S) groups is 1. The highest BCUT2D eigenvalue weighted by Crippen LogP contribution is 2.33. The number of amides is 2. The van der Waals surface area contributed by atoms with Crippen LogP contribution in [0.15, 0.2) is 59.5 Å². The van der Waals surface area contributed by atoms with Crippen molar-refractivity contribution in [2.75, 3.05) is 6.54 Å². The van der Waals surface area contributed by atoms with Crippen LogP contribution in [0, 0.1) is 0 Å². The van der Waals surface area contributed by atoms with Gasteiger partial charge in [-0.05, 0) is 42.2 Å². The first-order valence-electron chi connectivity index (χ1n) is 9.88. The highest BCUT2D eigenvalue weighted by atomic mass is 32.2. The molecule has 2 aromatic rings. The zero-order chi connectivity index (χ0) is 21.3. The van der Waals surface area contributed by atoms with Gasteiger partial charge in [0.2, 0.25) is 5.91 Å². The lowest BCUT2D eigenvalue weighted by Gasteiger charge is -2.14. The Hall–Kier alpha value is -2.64. The molecule has 2 N–H and O–H groups in total. The molecule has 2 amide bonds. The summed E-state index contributed by atoms with van der Waals surface area (Å²) in [5.74, 6) is 0.0968. The third kappa shape index (κ3) is 6.43. The largest absolute Gasteiger partial charge is 0.508 e. The number of phenols is 1. The summed E-state index contributed by atoms with van der Waals surface area (Å²) in [6.45, 7) is 1.09. The molecule has 0 aromatic heterocycles. The fourth-order valence-corrected chi connectivity index (χ4v) is 4.38. The van der Waals surface area contributed by atoms with Crippen LogP contribution in [-0.2, 0) is 16.1 Å². The first kappa shape index (κ1) is 22.1. The van der Waals surface area contributed by atoms with Gasteiger partial charge in [-0.25, -0.2) is 0 Å². The number of hydrogen-bond donors (Lipinski definition) is 2. The minimum absolute atomic E-state index is 0.0403. The van der Waals surface area contributed by atoms with E-state index >= 15 is 0 Å². The molecule has 7 heteroatoms. The van der Waals surface area contributed by atoms with Crippen molar-refractivity contribution in [2.24, 2.45) is 0 Å². The van der Waals surface area contributed by atoms with E-state index in [0.29, 0.717) is 28.7 Å². The molecule has 0 saturated carbocycles. The van der Waals surface area contributed by atoms with Crippen LogP contribution in [0.1, 0.15) is 36.8 Å². The van der Waals surface area contributed by atoms with Crippen molar-refractivity contribution < 1.29 is 14.7 Å². The minimum atomic E-state index is -0.103. The molecular formula is C23H24N2O3S2. The van der Waals surface area contributed by atoms with Crippen LogP contribution in [0.5, 0.6) is 5.75 Å². The summed E-state index contributed by atoms with van der Waals surface area (Å²) in [6.07, 6.45) is 4.63. The Balaban J connectivity index is 1.38. The van der Waals surface area contributed by atoms with Crippen molar-refractivity contribution >= 4 is 46.2 Å². The van der Waals surface area contributed by atoms with Gasteiger partial charge in [0.25, 0.3) is 5.91 Å². The molecule has 5 nitrogen and oxygen atoms in total. The van der Waals surface area contributed by atoms with Gasteiger partial charge in [0.1, 0.15) is 10.1 Å². The van der Waals surface area contributed by atoms with Gasteiger partial charge in [0.15, 0.2) is 0 Å². The van der Waals surface area contributed by atoms with E-state index in [1.54, 1.807) is 29.2 Å². The molecule has 1 aliphatic rings. The van der Waals surface area contributed by atoms with E-state index in [1.165, 1.54) is 11.8 Å². The van der Waals surface area contributed by atoms with Crippen LogP contribution in [0.3, 0.4) is 0 Å². The Bertz CT molecular complexity index is 944. The summed E-state index contributed by atoms with van der Waals surface area (Å²) in [6, 6.07) is 16.6. The molecule has 0 unspecified atom stereocenters. The molecule has 1 saturated heterocycles. The molecule has 0 bridgehead atoms. The number of carbonyl (C=O) groups excluding carboxylic acids is 2. The SMILES string of the molecule is O=C(CCCCCN1C(=O)/C(=C/c2cccc(O)c2)SC1=S)NCc1ccccc1. The van der Waals surface area contributed by atoms with Gasteiger partial charge in [-0.2, -0.15) is 0 Å². The number of nitrogens with zero attached hydrogens (tertiary/aromatic N) is 1. The van der Waals surface area contributed by atoms with E-state index in [1.807, 2.05) is 36.4 Å². The van der Waals surface area contributed by atoms with Gasteiger partial charge in [-0.3, -0.25) is 14.5 Å². The number of thioether (sulfide) groups is 1. The molecule has 1 heterocycles. The summed E-state index contributed by atoms with van der Waals surface area (Å²) in [5.41, 5.74) is 1.84. The summed E-state index contributed by atoms with van der Waals surface area (Å²) in [7, 11) is 0. The van der Waals surface area contributed by atoms with Crippen molar-refractivity contribution in [1.82, 2.24) is 10.2 Å². The lowest BCUT2D eigenvalue weighted by molar-refractivity contribution is -0.123. The molecule has 0 radical (unpaired) electrons. The number of benzene rings is 2. The maximum Gasteiger partial charge on any atom is 0.266 e. The lowest BCUT2D eigenvalue weighted by Crippen LogP contribution is -2.29. The summed E-state index contributed by atoms with van der Waals surface area (Å²) < 4.78 is 0.548. The second kappa shape index (κ2) is 10.9. The van der Waals surface area contributed by atoms with Gasteiger partial charge in [0, 0.05) is 19.5 Å². The molecular weight excluding hydrogens is 416 g/mol. The van der Waals surface area contributed by atoms with Gasteiger partial charge in [-0.15, -0.1) is 0 Å². The molecule has 156 valence electrons. The Morgan fingerprint density at radius 2 is 1.90 bits per heavy atom. The number of phenolic OH excluding ortho intramolecular Hbond substituents is 1. The Morgan fingerprint density at radius 3 is 2.67 bits per heavy atom. The Morgan fingerprint density at radius 1 is 1.10 bits per heavy atom. The van der Waals surface area contributed by atoms with Crippen LogP contribution in [0.25, 0.3) is 6.08 Å². The van der Waals surface area contributed by atoms with Crippen molar-refractivity contribution in [2.45, 2.75) is 32.2 Å². The molecule has 0 aliphatic carbocycles. The van der Waals surface area contributed by atoms with Crippen molar-refractivity contribution in [3.8, 4) is 5.75 Å². The van der Waals surface area contributed by atoms with Gasteiger partial charge < -0.3 is 10.4 Å². The van der Waals surface area contributed by atoms with Crippen LogP contribution in [0.2, 0.25) is 0 Å². The predicted octanol–water partition coefficient (Wildman–Crippen LogP) is 4.47. The standard InChI is InChI=1S/C23H24N2O3S2/c26-19-11-7-10-18(14-19)15-20-22(28)25(23(29)30-20)13-6-2-5-12-21(27)24-16-17-8-3-1-4-9-17/h1,3-4,7-11,14-15,26H,2,5-6,12-13,16H2,(H,24,27)/b20-15-. The van der Waals surface area contributed by atoms with E-state index < -0.39 is 0 Å². The van der Waals surface area contributed by atoms with Crippen LogP contribution in [0.4, 0.5) is 0 Å². The summed E-state index contributed by atoms with van der Waals surface area (Å²) in [5, 5.41) is 12.5. The van der Waals surface area contributed by atoms with Crippen molar-refractivity contribution in [1.29, 1.82) is 0 Å². The molecule has 0 atom stereocenters. The summed E-state index contributed by atoms with van der Waals surface area (Å²) in [4.78, 5) is 26.8. The van der Waals surface area contributed by atoms with E-state index in [4.69, 9.17) is 12.2 Å². The second-order valence-corrected chi connectivity index (χ2v) is 8.68. The number of hydrogen-bond acceptors (Lipinski definition) is 5. The molecule has 1 aliphatic heterocycles. The van der Waals surface area contributed by atoms with Crippen LogP contribution >= 0.6 is 24.0 Å². The Kier molecular flexibility index (Phi) is 8.04. The first-order chi connectivity index (χ1) is 14.5. The number of carbonyl (C=O) groups is 2. The third-order valence-corrected chi connectivity index (χ3v) is 6.04. The van der Waals surface area contributed by atoms with Gasteiger partial charge in [0.05, 0.1) is 4.91 Å². The van der Waals surface area contributed by atoms with Crippen molar-refractivity contribution in [3.63, 3.8) is 0 Å². The van der Waals surface area contributed by atoms with Crippen LogP contribution < -0.4 is 5.32 Å². The van der Waals surface area contributed by atoms with E-state index in [2.05, 4.69) is 5.32 Å². The fourth-order valence-electron chi connectivity index (χ4n) is 3.08. The molecule has 2 aromatic carbocycles. The van der Waals surface area contributed by atoms with Gasteiger partial charge >= 0.3 is 0 Å². The summed E-state index contributed by atoms with van der Waals surface area (Å²) >= 11 is 6.63. The van der Waals surface area contributed by atoms with E-state index in [0.717, 1.165) is 30.4 Å². The number of nitrogens with one attached hydrogen (secondary N) is 1. The maximum atomic E-state index is 12.6. The maximum absolute atomic E-state index is 12.6. The number of aromatic hydroxyl groups is 1. The quantitative estimate of drug-likeness (QED) is 0.342. The average molecular weight is 441 g/mol. The topological polar surface area (TPSA) is 69.6 Å².